The zero-order chi connectivity index (χ0) is 21.8. The molecule has 1 aromatic heterocycles. The molecule has 3 aromatic rings. The lowest BCUT2D eigenvalue weighted by atomic mass is 10.2. The van der Waals surface area contributed by atoms with Crippen LogP contribution >= 0.6 is 11.6 Å². The number of hydrogen-bond donors (Lipinski definition) is 1. The molecule has 1 N–H and O–H groups in total. The van der Waals surface area contributed by atoms with Crippen molar-refractivity contribution >= 4 is 40.3 Å². The van der Waals surface area contributed by atoms with Crippen LogP contribution in [0.2, 0.25) is 5.02 Å². The van der Waals surface area contributed by atoms with Gasteiger partial charge in [0.25, 0.3) is 0 Å². The van der Waals surface area contributed by atoms with Crippen LogP contribution in [0, 0.1) is 10.1 Å². The number of hydrogen-bond acceptors (Lipinski definition) is 8. The Morgan fingerprint density at radius 1 is 1.00 bits per heavy atom. The van der Waals surface area contributed by atoms with Crippen LogP contribution in [0.25, 0.3) is 0 Å². The van der Waals surface area contributed by atoms with Crippen molar-refractivity contribution in [2.45, 2.75) is 0 Å². The van der Waals surface area contributed by atoms with Crippen molar-refractivity contribution in [2.24, 2.45) is 0 Å². The van der Waals surface area contributed by atoms with Gasteiger partial charge in [-0.1, -0.05) is 11.6 Å². The van der Waals surface area contributed by atoms with Crippen molar-refractivity contribution in [1.29, 1.82) is 0 Å². The molecule has 4 rings (SSSR count). The van der Waals surface area contributed by atoms with Gasteiger partial charge in [0.1, 0.15) is 12.1 Å². The van der Waals surface area contributed by atoms with Crippen LogP contribution in [0.3, 0.4) is 0 Å². The van der Waals surface area contributed by atoms with E-state index in [-0.39, 0.29) is 11.5 Å². The molecule has 2 aromatic carbocycles. The topological polar surface area (TPSA) is 96.7 Å². The number of halogens is 1. The summed E-state index contributed by atoms with van der Waals surface area (Å²) in [5.74, 6) is 1.26. The third-order valence-corrected chi connectivity index (χ3v) is 5.36. The summed E-state index contributed by atoms with van der Waals surface area (Å²) in [4.78, 5) is 23.9. The van der Waals surface area contributed by atoms with Crippen LogP contribution < -0.4 is 19.9 Å². The van der Waals surface area contributed by atoms with E-state index in [1.165, 1.54) is 6.33 Å². The molecular weight excluding hydrogens is 420 g/mol. The number of anilines is 4. The minimum absolute atomic E-state index is 0.143. The van der Waals surface area contributed by atoms with Gasteiger partial charge in [-0.2, -0.15) is 0 Å². The van der Waals surface area contributed by atoms with E-state index >= 15 is 0 Å². The van der Waals surface area contributed by atoms with Crippen LogP contribution in [0.1, 0.15) is 0 Å². The van der Waals surface area contributed by atoms with Crippen molar-refractivity contribution in [3.63, 3.8) is 0 Å². The van der Waals surface area contributed by atoms with Crippen molar-refractivity contribution in [1.82, 2.24) is 9.97 Å². The van der Waals surface area contributed by atoms with E-state index in [0.717, 1.165) is 11.4 Å². The zero-order valence-corrected chi connectivity index (χ0v) is 17.6. The Kier molecular flexibility index (Phi) is 6.03. The highest BCUT2D eigenvalue weighted by atomic mass is 35.5. The summed E-state index contributed by atoms with van der Waals surface area (Å²) in [5, 5.41) is 15.5. The van der Waals surface area contributed by atoms with Gasteiger partial charge in [0.2, 0.25) is 11.6 Å². The molecule has 1 fully saturated rings. The van der Waals surface area contributed by atoms with E-state index in [0.29, 0.717) is 42.7 Å². The number of aromatic nitrogens is 2. The van der Waals surface area contributed by atoms with Gasteiger partial charge in [0.05, 0.1) is 12.0 Å². The lowest BCUT2D eigenvalue weighted by Gasteiger charge is -2.36. The highest BCUT2D eigenvalue weighted by molar-refractivity contribution is 6.30. The number of piperazine rings is 1. The van der Waals surface area contributed by atoms with Crippen LogP contribution in [0.5, 0.6) is 5.75 Å². The monoisotopic (exact) mass is 440 g/mol. The van der Waals surface area contributed by atoms with Crippen molar-refractivity contribution in [3.8, 4) is 5.75 Å². The molecule has 0 amide bonds. The number of nitro groups is 1. The van der Waals surface area contributed by atoms with Gasteiger partial charge in [-0.25, -0.2) is 9.97 Å². The summed E-state index contributed by atoms with van der Waals surface area (Å²) in [7, 11) is 1.64. The van der Waals surface area contributed by atoms with Crippen molar-refractivity contribution in [2.75, 3.05) is 48.4 Å². The lowest BCUT2D eigenvalue weighted by molar-refractivity contribution is -0.383. The van der Waals surface area contributed by atoms with E-state index in [1.54, 1.807) is 31.4 Å². The first kappa shape index (κ1) is 20.7. The maximum Gasteiger partial charge on any atom is 0.353 e. The molecule has 10 heteroatoms. The van der Waals surface area contributed by atoms with Gasteiger partial charge in [-0.3, -0.25) is 10.1 Å². The number of methoxy groups -OCH3 is 1. The molecule has 0 bridgehead atoms. The first-order chi connectivity index (χ1) is 15.0. The Labute approximate surface area is 184 Å². The Balaban J connectivity index is 1.52. The van der Waals surface area contributed by atoms with E-state index in [9.17, 15) is 10.1 Å². The Morgan fingerprint density at radius 3 is 2.26 bits per heavy atom. The third-order valence-electron chi connectivity index (χ3n) is 5.11. The fraction of sp³-hybridized carbons (Fsp3) is 0.238. The second kappa shape index (κ2) is 9.05. The quantitative estimate of drug-likeness (QED) is 0.451. The van der Waals surface area contributed by atoms with Gasteiger partial charge in [0.15, 0.2) is 0 Å². The summed E-state index contributed by atoms with van der Waals surface area (Å²) in [5.41, 5.74) is 1.60. The predicted molar refractivity (Wildman–Crippen MR) is 121 cm³/mol. The molecule has 0 radical (unpaired) electrons. The maximum absolute atomic E-state index is 11.9. The fourth-order valence-electron chi connectivity index (χ4n) is 3.50. The molecule has 160 valence electrons. The molecule has 9 nitrogen and oxygen atoms in total. The molecule has 0 saturated carbocycles. The van der Waals surface area contributed by atoms with Gasteiger partial charge in [-0.15, -0.1) is 0 Å². The molecule has 0 atom stereocenters. The Bertz CT molecular complexity index is 1050. The normalized spacial score (nSPS) is 13.7. The summed E-state index contributed by atoms with van der Waals surface area (Å²) in [6.45, 7) is 2.63. The predicted octanol–water partition coefficient (Wildman–Crippen LogP) is 4.12. The summed E-state index contributed by atoms with van der Waals surface area (Å²) in [6, 6.07) is 14.7. The van der Waals surface area contributed by atoms with E-state index in [4.69, 9.17) is 16.3 Å². The molecule has 0 spiro atoms. The maximum atomic E-state index is 11.9. The van der Waals surface area contributed by atoms with Gasteiger partial charge >= 0.3 is 5.69 Å². The first-order valence-electron chi connectivity index (χ1n) is 9.71. The van der Waals surface area contributed by atoms with Gasteiger partial charge < -0.3 is 19.9 Å². The smallest absolute Gasteiger partial charge is 0.353 e. The van der Waals surface area contributed by atoms with Gasteiger partial charge in [-0.05, 0) is 48.5 Å². The number of benzene rings is 2. The highest BCUT2D eigenvalue weighted by Crippen LogP contribution is 2.34. The highest BCUT2D eigenvalue weighted by Gasteiger charge is 2.29. The molecule has 1 aliphatic heterocycles. The Morgan fingerprint density at radius 2 is 1.65 bits per heavy atom. The van der Waals surface area contributed by atoms with Crippen molar-refractivity contribution in [3.05, 3.63) is 70.0 Å². The van der Waals surface area contributed by atoms with Crippen LogP contribution in [0.4, 0.5) is 28.7 Å². The summed E-state index contributed by atoms with van der Waals surface area (Å²) < 4.78 is 5.21. The number of rotatable bonds is 6. The minimum Gasteiger partial charge on any atom is -0.497 e. The van der Waals surface area contributed by atoms with Crippen LogP contribution in [-0.4, -0.2) is 48.2 Å². The molecule has 1 saturated heterocycles. The molecule has 0 aliphatic carbocycles. The van der Waals surface area contributed by atoms with E-state index < -0.39 is 4.92 Å². The fourth-order valence-corrected chi connectivity index (χ4v) is 3.63. The molecule has 0 unspecified atom stereocenters. The average molecular weight is 441 g/mol. The summed E-state index contributed by atoms with van der Waals surface area (Å²) in [6.07, 6.45) is 1.34. The third kappa shape index (κ3) is 4.61. The number of nitrogens with one attached hydrogen (secondary N) is 1. The molecular formula is C21H21ClN6O3. The SMILES string of the molecule is COc1ccc(N2CCN(c3ncnc(Nc4ccc(Cl)cc4)c3[N+](=O)[O-])CC2)cc1. The van der Waals surface area contributed by atoms with Gasteiger partial charge in [0, 0.05) is 42.6 Å². The second-order valence-corrected chi connectivity index (χ2v) is 7.39. The van der Waals surface area contributed by atoms with E-state index in [2.05, 4.69) is 20.2 Å². The minimum atomic E-state index is -0.441. The largest absolute Gasteiger partial charge is 0.497 e. The van der Waals surface area contributed by atoms with Crippen LogP contribution in [0.15, 0.2) is 54.9 Å². The first-order valence-corrected chi connectivity index (χ1v) is 10.1. The number of nitrogens with zero attached hydrogens (tertiary/aromatic N) is 5. The molecule has 2 heterocycles. The zero-order valence-electron chi connectivity index (χ0n) is 16.9. The van der Waals surface area contributed by atoms with Crippen LogP contribution in [-0.2, 0) is 0 Å². The second-order valence-electron chi connectivity index (χ2n) is 6.96. The standard InChI is InChI=1S/C21H21ClN6O3/c1-31-18-8-6-17(7-9-18)26-10-12-27(13-11-26)21-19(28(29)30)20(23-14-24-21)25-16-4-2-15(22)3-5-16/h2-9,14H,10-13H2,1H3,(H,23,24,25). The molecule has 1 aliphatic rings. The summed E-state index contributed by atoms with van der Waals surface area (Å²) >= 11 is 5.92. The lowest BCUT2D eigenvalue weighted by Crippen LogP contribution is -2.47. The van der Waals surface area contributed by atoms with Crippen molar-refractivity contribution < 1.29 is 9.66 Å². The average Bonchev–Trinajstić information content (AvgIpc) is 2.80. The number of ether oxygens (including phenoxy) is 1. The Hall–Kier alpha value is -3.59. The molecule has 31 heavy (non-hydrogen) atoms. The van der Waals surface area contributed by atoms with E-state index in [1.807, 2.05) is 29.2 Å².